The van der Waals surface area contributed by atoms with Gasteiger partial charge in [0.05, 0.1) is 6.04 Å². The molecule has 1 unspecified atom stereocenters. The zero-order valence-corrected chi connectivity index (χ0v) is 17.9. The van der Waals surface area contributed by atoms with Crippen LogP contribution in [0.4, 0.5) is 17.6 Å². The van der Waals surface area contributed by atoms with Crippen LogP contribution in [0.25, 0.3) is 11.5 Å². The van der Waals surface area contributed by atoms with Crippen molar-refractivity contribution in [3.05, 3.63) is 107 Å². The van der Waals surface area contributed by atoms with Gasteiger partial charge in [0.1, 0.15) is 17.7 Å². The molecule has 5 rings (SSSR count). The fraction of sp³-hybridized carbons (Fsp3) is 0.160. The number of fused-ring (bicyclic) bond motifs is 1. The van der Waals surface area contributed by atoms with Gasteiger partial charge in [-0.1, -0.05) is 36.4 Å². The van der Waals surface area contributed by atoms with Gasteiger partial charge in [0.15, 0.2) is 0 Å². The van der Waals surface area contributed by atoms with E-state index < -0.39 is 42.0 Å². The lowest BCUT2D eigenvalue weighted by molar-refractivity contribution is 0.0347. The highest BCUT2D eigenvalue weighted by Gasteiger charge is 2.39. The molecule has 0 fully saturated rings. The van der Waals surface area contributed by atoms with Gasteiger partial charge >= 0.3 is 6.43 Å². The van der Waals surface area contributed by atoms with Gasteiger partial charge < -0.3 is 14.4 Å². The zero-order chi connectivity index (χ0) is 24.7. The Labute approximate surface area is 196 Å². The number of carbonyl (C=O) groups excluding carboxylic acids is 1. The van der Waals surface area contributed by atoms with E-state index in [1.165, 1.54) is 53.4 Å². The standard InChI is InChI=1S/C25H17F4N3O3/c26-16-9-7-13(8-10-16)20(21(33)17-3-1-2-4-19(17)27)32-12-15-6-5-14(11-18(15)25(32)34)23-30-31-24(35-23)22(28)29/h1-11,20-22,33H,12H2/t20-,21?/m1/s1. The van der Waals surface area contributed by atoms with Crippen molar-refractivity contribution in [2.75, 3.05) is 0 Å². The number of aromatic nitrogens is 2. The van der Waals surface area contributed by atoms with Crippen molar-refractivity contribution in [3.63, 3.8) is 0 Å². The van der Waals surface area contributed by atoms with Gasteiger partial charge in [0.2, 0.25) is 5.89 Å². The van der Waals surface area contributed by atoms with Crippen LogP contribution in [0.5, 0.6) is 0 Å². The Morgan fingerprint density at radius 1 is 0.971 bits per heavy atom. The van der Waals surface area contributed by atoms with Gasteiger partial charge in [-0.3, -0.25) is 4.79 Å². The second kappa shape index (κ2) is 8.95. The monoisotopic (exact) mass is 483 g/mol. The normalized spacial score (nSPS) is 14.9. The molecular weight excluding hydrogens is 466 g/mol. The van der Waals surface area contributed by atoms with E-state index in [1.807, 2.05) is 0 Å². The quantitative estimate of drug-likeness (QED) is 0.373. The molecule has 0 radical (unpaired) electrons. The number of carbonyl (C=O) groups is 1. The van der Waals surface area contributed by atoms with Gasteiger partial charge in [-0.25, -0.2) is 8.78 Å². The summed E-state index contributed by atoms with van der Waals surface area (Å²) in [5.74, 6) is -2.64. The van der Waals surface area contributed by atoms with Crippen molar-refractivity contribution < 1.29 is 31.9 Å². The summed E-state index contributed by atoms with van der Waals surface area (Å²) < 4.78 is 58.7. The van der Waals surface area contributed by atoms with Crippen LogP contribution in [-0.2, 0) is 6.54 Å². The van der Waals surface area contributed by atoms with Crippen molar-refractivity contribution in [3.8, 4) is 11.5 Å². The molecule has 0 saturated heterocycles. The third-order valence-corrected chi connectivity index (χ3v) is 5.89. The van der Waals surface area contributed by atoms with E-state index in [0.717, 1.165) is 0 Å². The minimum absolute atomic E-state index is 0.0170. The van der Waals surface area contributed by atoms with Crippen LogP contribution in [0.3, 0.4) is 0 Å². The summed E-state index contributed by atoms with van der Waals surface area (Å²) in [6, 6.07) is 14.5. The first-order valence-corrected chi connectivity index (χ1v) is 10.6. The molecular formula is C25H17F4N3O3. The maximum Gasteiger partial charge on any atom is 0.314 e. The number of benzene rings is 3. The number of aliphatic hydroxyl groups is 1. The Kier molecular flexibility index (Phi) is 5.81. The first-order valence-electron chi connectivity index (χ1n) is 10.6. The predicted octanol–water partition coefficient (Wildman–Crippen LogP) is 5.38. The summed E-state index contributed by atoms with van der Waals surface area (Å²) in [7, 11) is 0. The highest BCUT2D eigenvalue weighted by atomic mass is 19.3. The van der Waals surface area contributed by atoms with E-state index in [2.05, 4.69) is 10.2 Å². The maximum atomic E-state index is 14.5. The summed E-state index contributed by atoms with van der Waals surface area (Å²) in [6.07, 6.45) is -4.39. The highest BCUT2D eigenvalue weighted by Crippen LogP contribution is 2.40. The van der Waals surface area contributed by atoms with Crippen molar-refractivity contribution >= 4 is 5.91 Å². The first-order chi connectivity index (χ1) is 16.8. The average Bonchev–Trinajstić information content (AvgIpc) is 3.46. The summed E-state index contributed by atoms with van der Waals surface area (Å²) >= 11 is 0. The van der Waals surface area contributed by atoms with E-state index in [0.29, 0.717) is 11.1 Å². The third kappa shape index (κ3) is 4.17. The largest absolute Gasteiger partial charge is 0.415 e. The van der Waals surface area contributed by atoms with Crippen LogP contribution in [0, 0.1) is 11.6 Å². The molecule has 4 aromatic rings. The van der Waals surface area contributed by atoms with Gasteiger partial charge in [0.25, 0.3) is 11.8 Å². The highest BCUT2D eigenvalue weighted by molar-refractivity contribution is 5.99. The molecule has 10 heteroatoms. The number of halogens is 4. The fourth-order valence-corrected chi connectivity index (χ4v) is 4.20. The topological polar surface area (TPSA) is 79.5 Å². The SMILES string of the molecule is O=C1c2cc(-c3nnc(C(F)F)o3)ccc2CN1[C@H](c1ccc(F)cc1)C(O)c1ccccc1F. The third-order valence-electron chi connectivity index (χ3n) is 5.89. The van der Waals surface area contributed by atoms with Crippen molar-refractivity contribution in [1.29, 1.82) is 0 Å². The molecule has 1 aromatic heterocycles. The van der Waals surface area contributed by atoms with Crippen molar-refractivity contribution in [2.24, 2.45) is 0 Å². The van der Waals surface area contributed by atoms with E-state index in [-0.39, 0.29) is 29.1 Å². The van der Waals surface area contributed by atoms with E-state index in [1.54, 1.807) is 18.2 Å². The maximum absolute atomic E-state index is 14.5. The minimum Gasteiger partial charge on any atom is -0.415 e. The lowest BCUT2D eigenvalue weighted by Gasteiger charge is -2.32. The average molecular weight is 483 g/mol. The first kappa shape index (κ1) is 22.7. The predicted molar refractivity (Wildman–Crippen MR) is 115 cm³/mol. The van der Waals surface area contributed by atoms with Crippen LogP contribution in [0.2, 0.25) is 0 Å². The Balaban J connectivity index is 1.53. The number of hydrogen-bond acceptors (Lipinski definition) is 5. The molecule has 3 aromatic carbocycles. The van der Waals surface area contributed by atoms with Crippen LogP contribution in [-0.4, -0.2) is 26.1 Å². The molecule has 1 aliphatic rings. The van der Waals surface area contributed by atoms with E-state index >= 15 is 0 Å². The fourth-order valence-electron chi connectivity index (χ4n) is 4.20. The number of amides is 1. The van der Waals surface area contributed by atoms with Crippen LogP contribution < -0.4 is 0 Å². The lowest BCUT2D eigenvalue weighted by Crippen LogP contribution is -2.33. The van der Waals surface area contributed by atoms with E-state index in [4.69, 9.17) is 4.42 Å². The second-order valence-corrected chi connectivity index (χ2v) is 8.01. The number of hydrogen-bond donors (Lipinski definition) is 1. The minimum atomic E-state index is -2.93. The van der Waals surface area contributed by atoms with Crippen molar-refractivity contribution in [2.45, 2.75) is 25.1 Å². The smallest absolute Gasteiger partial charge is 0.314 e. The molecule has 1 amide bonds. The molecule has 0 saturated carbocycles. The van der Waals surface area contributed by atoms with Crippen LogP contribution >= 0.6 is 0 Å². The molecule has 0 spiro atoms. The number of alkyl halides is 2. The molecule has 0 bridgehead atoms. The molecule has 35 heavy (non-hydrogen) atoms. The Morgan fingerprint density at radius 2 is 1.71 bits per heavy atom. The summed E-state index contributed by atoms with van der Waals surface area (Å²) in [5.41, 5.74) is 1.50. The van der Waals surface area contributed by atoms with Gasteiger partial charge in [-0.05, 0) is 41.5 Å². The summed E-state index contributed by atoms with van der Waals surface area (Å²) in [6.45, 7) is 0.0775. The number of nitrogens with zero attached hydrogens (tertiary/aromatic N) is 3. The molecule has 1 aliphatic heterocycles. The van der Waals surface area contributed by atoms with Gasteiger partial charge in [0, 0.05) is 23.2 Å². The van der Waals surface area contributed by atoms with Gasteiger partial charge in [-0.2, -0.15) is 8.78 Å². The summed E-state index contributed by atoms with van der Waals surface area (Å²) in [4.78, 5) is 14.8. The Bertz CT molecular complexity index is 1390. The summed E-state index contributed by atoms with van der Waals surface area (Å²) in [5, 5.41) is 18.1. The molecule has 2 heterocycles. The second-order valence-electron chi connectivity index (χ2n) is 8.01. The molecule has 1 N–H and O–H groups in total. The lowest BCUT2D eigenvalue weighted by atomic mass is 9.94. The van der Waals surface area contributed by atoms with E-state index in [9.17, 15) is 27.5 Å². The number of aliphatic hydroxyl groups excluding tert-OH is 1. The van der Waals surface area contributed by atoms with Crippen molar-refractivity contribution in [1.82, 2.24) is 15.1 Å². The molecule has 6 nitrogen and oxygen atoms in total. The number of rotatable bonds is 6. The van der Waals surface area contributed by atoms with Gasteiger partial charge in [-0.15, -0.1) is 10.2 Å². The molecule has 178 valence electrons. The van der Waals surface area contributed by atoms with Crippen LogP contribution in [0.1, 0.15) is 51.5 Å². The Hall–Kier alpha value is -4.05. The zero-order valence-electron chi connectivity index (χ0n) is 17.9. The Morgan fingerprint density at radius 3 is 2.40 bits per heavy atom. The molecule has 0 aliphatic carbocycles. The molecule has 2 atom stereocenters. The van der Waals surface area contributed by atoms with Crippen LogP contribution in [0.15, 0.2) is 71.1 Å².